The predicted molar refractivity (Wildman–Crippen MR) is 220 cm³/mol. The van der Waals surface area contributed by atoms with Crippen LogP contribution in [0.15, 0.2) is 164 Å². The van der Waals surface area contributed by atoms with Gasteiger partial charge in [0.1, 0.15) is 0 Å². The molecule has 0 N–H and O–H groups in total. The number of aromatic nitrogens is 2. The van der Waals surface area contributed by atoms with Gasteiger partial charge in [-0.1, -0.05) is 115 Å². The summed E-state index contributed by atoms with van der Waals surface area (Å²) in [5, 5.41) is 14.8. The molecule has 0 saturated carbocycles. The van der Waals surface area contributed by atoms with E-state index in [1.54, 1.807) is 0 Å². The SMILES string of the molecule is N#Cc1cccc(-c2cc(-c3ccccc3)nc(-c3cc(-c4cccc5c4sc4ccccc45)cc(-c4cccc5c4sc4ccccc45)c3)n2)c1. The molecule has 0 aliphatic rings. The lowest BCUT2D eigenvalue weighted by molar-refractivity contribution is 1.18. The predicted octanol–water partition coefficient (Wildman–Crippen LogP) is 13.4. The summed E-state index contributed by atoms with van der Waals surface area (Å²) in [6.45, 7) is 0. The number of thiophene rings is 2. The molecule has 3 aromatic heterocycles. The summed E-state index contributed by atoms with van der Waals surface area (Å²) in [4.78, 5) is 10.5. The Morgan fingerprint density at radius 1 is 0.404 bits per heavy atom. The van der Waals surface area contributed by atoms with E-state index in [9.17, 15) is 5.26 Å². The van der Waals surface area contributed by atoms with Gasteiger partial charge in [-0.05, 0) is 70.8 Å². The van der Waals surface area contributed by atoms with Crippen molar-refractivity contribution in [3.05, 3.63) is 169 Å². The Hall–Kier alpha value is -6.45. The number of rotatable bonds is 5. The molecular formula is C47H27N3S2. The molecule has 0 aliphatic carbocycles. The van der Waals surface area contributed by atoms with Crippen molar-refractivity contribution in [2.75, 3.05) is 0 Å². The molecule has 0 bridgehead atoms. The Labute approximate surface area is 308 Å². The van der Waals surface area contributed by atoms with Gasteiger partial charge in [0.25, 0.3) is 0 Å². The third-order valence-corrected chi connectivity index (χ3v) is 12.1. The molecule has 242 valence electrons. The summed E-state index contributed by atoms with van der Waals surface area (Å²) in [6.07, 6.45) is 0. The molecule has 10 aromatic rings. The van der Waals surface area contributed by atoms with E-state index >= 15 is 0 Å². The number of nitriles is 1. The lowest BCUT2D eigenvalue weighted by Gasteiger charge is -2.14. The molecule has 0 aliphatic heterocycles. The van der Waals surface area contributed by atoms with E-state index in [-0.39, 0.29) is 0 Å². The molecule has 0 amide bonds. The molecule has 10 rings (SSSR count). The summed E-state index contributed by atoms with van der Waals surface area (Å²) in [7, 11) is 0. The van der Waals surface area contributed by atoms with E-state index in [1.165, 1.54) is 51.5 Å². The zero-order valence-corrected chi connectivity index (χ0v) is 29.4. The Kier molecular flexibility index (Phi) is 7.24. The molecule has 52 heavy (non-hydrogen) atoms. The first-order chi connectivity index (χ1) is 25.7. The highest BCUT2D eigenvalue weighted by Crippen LogP contribution is 2.44. The maximum atomic E-state index is 9.71. The van der Waals surface area contributed by atoms with Crippen LogP contribution < -0.4 is 0 Å². The monoisotopic (exact) mass is 697 g/mol. The zero-order valence-electron chi connectivity index (χ0n) is 27.7. The van der Waals surface area contributed by atoms with Crippen LogP contribution in [0, 0.1) is 11.3 Å². The highest BCUT2D eigenvalue weighted by Gasteiger charge is 2.18. The largest absolute Gasteiger partial charge is 0.228 e. The van der Waals surface area contributed by atoms with Gasteiger partial charge in [-0.3, -0.25) is 0 Å². The van der Waals surface area contributed by atoms with Crippen LogP contribution in [0.2, 0.25) is 0 Å². The second kappa shape index (κ2) is 12.4. The van der Waals surface area contributed by atoms with Crippen molar-refractivity contribution in [2.24, 2.45) is 0 Å². The summed E-state index contributed by atoms with van der Waals surface area (Å²) < 4.78 is 5.08. The van der Waals surface area contributed by atoms with Gasteiger partial charge >= 0.3 is 0 Å². The van der Waals surface area contributed by atoms with Crippen LogP contribution in [0.4, 0.5) is 0 Å². The van der Waals surface area contributed by atoms with Gasteiger partial charge in [0.05, 0.1) is 23.0 Å². The molecular weight excluding hydrogens is 671 g/mol. The Morgan fingerprint density at radius 3 is 1.52 bits per heavy atom. The van der Waals surface area contributed by atoms with E-state index in [2.05, 4.69) is 121 Å². The van der Waals surface area contributed by atoms with E-state index in [0.29, 0.717) is 11.4 Å². The molecule has 0 saturated heterocycles. The summed E-state index contributed by atoms with van der Waals surface area (Å²) in [6, 6.07) is 59.6. The van der Waals surface area contributed by atoms with Crippen molar-refractivity contribution in [1.29, 1.82) is 5.26 Å². The second-order valence-electron chi connectivity index (χ2n) is 12.9. The highest BCUT2D eigenvalue weighted by molar-refractivity contribution is 7.26. The van der Waals surface area contributed by atoms with Crippen LogP contribution in [0.25, 0.3) is 96.5 Å². The van der Waals surface area contributed by atoms with Crippen LogP contribution in [-0.2, 0) is 0 Å². The van der Waals surface area contributed by atoms with E-state index in [4.69, 9.17) is 9.97 Å². The number of hydrogen-bond acceptors (Lipinski definition) is 5. The van der Waals surface area contributed by atoms with Crippen LogP contribution in [-0.4, -0.2) is 9.97 Å². The summed E-state index contributed by atoms with van der Waals surface area (Å²) in [5.41, 5.74) is 9.60. The van der Waals surface area contributed by atoms with Gasteiger partial charge in [0, 0.05) is 57.0 Å². The lowest BCUT2D eigenvalue weighted by atomic mass is 9.94. The van der Waals surface area contributed by atoms with Crippen molar-refractivity contribution in [2.45, 2.75) is 0 Å². The average molecular weight is 698 g/mol. The minimum absolute atomic E-state index is 0.594. The molecule has 7 aromatic carbocycles. The second-order valence-corrected chi connectivity index (χ2v) is 15.0. The molecule has 0 spiro atoms. The van der Waals surface area contributed by atoms with Gasteiger partial charge in [-0.15, -0.1) is 22.7 Å². The normalized spacial score (nSPS) is 11.4. The standard InChI is InChI=1S/C47H27N3S2/c48-28-29-11-8-14-31(23-29)42-27-41(30-12-2-1-3-13-30)49-47(50-42)34-25-32(35-17-9-19-39-37-15-4-6-21-43(37)51-45(35)39)24-33(26-34)36-18-10-20-40-38-16-5-7-22-44(38)52-46(36)40/h1-27H. The molecule has 3 nitrogen and oxygen atoms in total. The maximum Gasteiger partial charge on any atom is 0.160 e. The Bertz CT molecular complexity index is 2910. The number of fused-ring (bicyclic) bond motifs is 6. The van der Waals surface area contributed by atoms with E-state index < -0.39 is 0 Å². The van der Waals surface area contributed by atoms with E-state index in [1.807, 2.05) is 71.2 Å². The molecule has 0 atom stereocenters. The van der Waals surface area contributed by atoms with Gasteiger partial charge in [-0.25, -0.2) is 9.97 Å². The molecule has 0 unspecified atom stereocenters. The minimum atomic E-state index is 0.594. The van der Waals surface area contributed by atoms with Crippen molar-refractivity contribution in [3.8, 4) is 62.2 Å². The van der Waals surface area contributed by atoms with Gasteiger partial charge in [-0.2, -0.15) is 5.26 Å². The van der Waals surface area contributed by atoms with Crippen molar-refractivity contribution < 1.29 is 0 Å². The Balaban J connectivity index is 1.26. The fourth-order valence-electron chi connectivity index (χ4n) is 7.25. The summed E-state index contributed by atoms with van der Waals surface area (Å²) >= 11 is 3.68. The van der Waals surface area contributed by atoms with Gasteiger partial charge in [0.15, 0.2) is 5.82 Å². The third-order valence-electron chi connectivity index (χ3n) is 9.70. The zero-order chi connectivity index (χ0) is 34.6. The van der Waals surface area contributed by atoms with Crippen LogP contribution in [0.3, 0.4) is 0 Å². The average Bonchev–Trinajstić information content (AvgIpc) is 3.80. The Morgan fingerprint density at radius 2 is 0.904 bits per heavy atom. The van der Waals surface area contributed by atoms with Crippen LogP contribution in [0.1, 0.15) is 5.56 Å². The molecule has 5 heteroatoms. The van der Waals surface area contributed by atoms with Gasteiger partial charge in [0.2, 0.25) is 0 Å². The number of nitrogens with zero attached hydrogens (tertiary/aromatic N) is 3. The fourth-order valence-corrected chi connectivity index (χ4v) is 9.72. The van der Waals surface area contributed by atoms with Crippen LogP contribution >= 0.6 is 22.7 Å². The lowest BCUT2D eigenvalue weighted by Crippen LogP contribution is -1.97. The molecule has 0 fully saturated rings. The van der Waals surface area contributed by atoms with Crippen molar-refractivity contribution in [1.82, 2.24) is 9.97 Å². The minimum Gasteiger partial charge on any atom is -0.228 e. The third kappa shape index (κ3) is 5.17. The van der Waals surface area contributed by atoms with Crippen molar-refractivity contribution in [3.63, 3.8) is 0 Å². The van der Waals surface area contributed by atoms with Crippen LogP contribution in [0.5, 0.6) is 0 Å². The van der Waals surface area contributed by atoms with Gasteiger partial charge < -0.3 is 0 Å². The molecule has 0 radical (unpaired) electrons. The quantitative estimate of drug-likeness (QED) is 0.180. The number of benzene rings is 7. The first-order valence-corrected chi connectivity index (χ1v) is 18.8. The summed E-state index contributed by atoms with van der Waals surface area (Å²) in [5.74, 6) is 0.633. The first kappa shape index (κ1) is 30.4. The van der Waals surface area contributed by atoms with E-state index in [0.717, 1.165) is 39.2 Å². The smallest absolute Gasteiger partial charge is 0.160 e. The molecule has 3 heterocycles. The van der Waals surface area contributed by atoms with Crippen molar-refractivity contribution >= 4 is 63.0 Å². The fraction of sp³-hybridized carbons (Fsp3) is 0. The topological polar surface area (TPSA) is 49.6 Å². The highest BCUT2D eigenvalue weighted by atomic mass is 32.1. The maximum absolute atomic E-state index is 9.71. The number of hydrogen-bond donors (Lipinski definition) is 0. The first-order valence-electron chi connectivity index (χ1n) is 17.1.